The van der Waals surface area contributed by atoms with Gasteiger partial charge in [0, 0.05) is 24.0 Å². The fourth-order valence-electron chi connectivity index (χ4n) is 3.80. The van der Waals surface area contributed by atoms with E-state index in [1.165, 1.54) is 29.9 Å². The minimum atomic E-state index is 0.112. The molecule has 0 saturated carbocycles. The van der Waals surface area contributed by atoms with Gasteiger partial charge in [0.1, 0.15) is 0 Å². The van der Waals surface area contributed by atoms with Gasteiger partial charge >= 0.3 is 0 Å². The molecule has 3 rings (SSSR count). The predicted molar refractivity (Wildman–Crippen MR) is 88.6 cm³/mol. The summed E-state index contributed by atoms with van der Waals surface area (Å²) in [5, 5.41) is 0. The van der Waals surface area contributed by atoms with Gasteiger partial charge in [-0.15, -0.1) is 0 Å². The zero-order chi connectivity index (χ0) is 14.9. The van der Waals surface area contributed by atoms with Gasteiger partial charge in [-0.25, -0.2) is 0 Å². The van der Waals surface area contributed by atoms with Crippen molar-refractivity contribution in [1.29, 1.82) is 0 Å². The van der Waals surface area contributed by atoms with E-state index < -0.39 is 0 Å². The van der Waals surface area contributed by atoms with Crippen LogP contribution in [0.1, 0.15) is 48.7 Å². The number of hydrogen-bond acceptors (Lipinski definition) is 4. The Bertz CT molecular complexity index is 474. The van der Waals surface area contributed by atoms with Crippen molar-refractivity contribution in [3.05, 3.63) is 29.1 Å². The van der Waals surface area contributed by atoms with Crippen molar-refractivity contribution in [2.45, 2.75) is 51.2 Å². The van der Waals surface area contributed by atoms with Crippen LogP contribution >= 0.6 is 11.8 Å². The van der Waals surface area contributed by atoms with Crippen LogP contribution in [0.15, 0.2) is 12.1 Å². The fraction of sp³-hybridized carbons (Fsp3) is 0.706. The van der Waals surface area contributed by atoms with E-state index >= 15 is 0 Å². The molecule has 0 aliphatic carbocycles. The third-order valence-corrected chi connectivity index (χ3v) is 5.92. The number of hydrogen-bond donors (Lipinski definition) is 1. The Labute approximate surface area is 132 Å². The molecule has 4 heteroatoms. The molecule has 2 aliphatic rings. The van der Waals surface area contributed by atoms with Crippen molar-refractivity contribution in [2.75, 3.05) is 18.1 Å². The highest BCUT2D eigenvalue weighted by atomic mass is 32.2. The lowest BCUT2D eigenvalue weighted by Crippen LogP contribution is -2.45. The van der Waals surface area contributed by atoms with Crippen LogP contribution in [0, 0.1) is 19.8 Å². The summed E-state index contributed by atoms with van der Waals surface area (Å²) in [6.45, 7) is 4.96. The minimum Gasteiger partial charge on any atom is -0.375 e. The Morgan fingerprint density at radius 3 is 2.62 bits per heavy atom. The maximum absolute atomic E-state index is 6.61. The first-order valence-corrected chi connectivity index (χ1v) is 9.16. The summed E-state index contributed by atoms with van der Waals surface area (Å²) in [4.78, 5) is 4.46. The number of rotatable bonds is 2. The van der Waals surface area contributed by atoms with Gasteiger partial charge in [-0.05, 0) is 74.7 Å². The molecule has 0 aromatic carbocycles. The van der Waals surface area contributed by atoms with E-state index in [2.05, 4.69) is 28.9 Å². The first-order chi connectivity index (χ1) is 10.1. The van der Waals surface area contributed by atoms with Crippen LogP contribution in [-0.2, 0) is 4.74 Å². The second-order valence-electron chi connectivity index (χ2n) is 6.61. The quantitative estimate of drug-likeness (QED) is 0.910. The maximum atomic E-state index is 6.61. The Balaban J connectivity index is 1.76. The lowest BCUT2D eigenvalue weighted by Gasteiger charge is -2.44. The number of nitrogens with zero attached hydrogens (tertiary/aromatic N) is 1. The Hall–Kier alpha value is -0.580. The zero-order valence-corrected chi connectivity index (χ0v) is 13.9. The molecule has 21 heavy (non-hydrogen) atoms. The first-order valence-electron chi connectivity index (χ1n) is 8.00. The molecular formula is C17H26N2OS. The average molecular weight is 306 g/mol. The van der Waals surface area contributed by atoms with Crippen molar-refractivity contribution >= 4 is 11.8 Å². The van der Waals surface area contributed by atoms with E-state index in [0.29, 0.717) is 5.92 Å². The van der Waals surface area contributed by atoms with Gasteiger partial charge in [-0.2, -0.15) is 11.8 Å². The Morgan fingerprint density at radius 2 is 1.95 bits per heavy atom. The van der Waals surface area contributed by atoms with E-state index in [-0.39, 0.29) is 11.6 Å². The Kier molecular flexibility index (Phi) is 4.57. The number of nitrogens with two attached hydrogens (primary N) is 1. The maximum Gasteiger partial charge on any atom is 0.0701 e. The molecule has 2 unspecified atom stereocenters. The fourth-order valence-corrected chi connectivity index (χ4v) is 5.03. The number of ether oxygens (including phenoxy) is 1. The normalized spacial score (nSPS) is 26.7. The van der Waals surface area contributed by atoms with Crippen LogP contribution in [-0.4, -0.2) is 28.7 Å². The van der Waals surface area contributed by atoms with Gasteiger partial charge in [0.25, 0.3) is 0 Å². The van der Waals surface area contributed by atoms with Gasteiger partial charge in [-0.1, -0.05) is 0 Å². The molecule has 3 heterocycles. The number of thioether (sulfide) groups is 1. The average Bonchev–Trinajstić information content (AvgIpc) is 2.46. The molecule has 0 amide bonds. The molecular weight excluding hydrogens is 280 g/mol. The highest BCUT2D eigenvalue weighted by molar-refractivity contribution is 7.99. The summed E-state index contributed by atoms with van der Waals surface area (Å²) < 4.78 is 6.19. The van der Waals surface area contributed by atoms with Crippen molar-refractivity contribution < 1.29 is 4.74 Å². The summed E-state index contributed by atoms with van der Waals surface area (Å²) in [5.74, 6) is 2.99. The number of aryl methyl sites for hydroxylation is 2. The molecule has 2 aliphatic heterocycles. The summed E-state index contributed by atoms with van der Waals surface area (Å²) >= 11 is 2.05. The molecule has 2 N–H and O–H groups in total. The Morgan fingerprint density at radius 1 is 1.29 bits per heavy atom. The zero-order valence-electron chi connectivity index (χ0n) is 13.1. The van der Waals surface area contributed by atoms with E-state index in [0.717, 1.165) is 30.8 Å². The summed E-state index contributed by atoms with van der Waals surface area (Å²) in [6.07, 6.45) is 4.58. The molecule has 0 bridgehead atoms. The third-order valence-electron chi connectivity index (χ3n) is 4.93. The van der Waals surface area contributed by atoms with E-state index in [9.17, 15) is 0 Å². The van der Waals surface area contributed by atoms with Crippen molar-refractivity contribution in [3.8, 4) is 0 Å². The van der Waals surface area contributed by atoms with Crippen molar-refractivity contribution in [3.63, 3.8) is 0 Å². The van der Waals surface area contributed by atoms with Gasteiger partial charge in [0.05, 0.1) is 5.60 Å². The molecule has 1 aromatic heterocycles. The van der Waals surface area contributed by atoms with Crippen molar-refractivity contribution in [2.24, 2.45) is 11.7 Å². The SMILES string of the molecule is Cc1cc(C(N)C2CCOC3(CCSCC3)C2)cc(C)n1. The van der Waals surface area contributed by atoms with E-state index in [4.69, 9.17) is 10.5 Å². The van der Waals surface area contributed by atoms with Crippen LogP contribution in [0.25, 0.3) is 0 Å². The van der Waals surface area contributed by atoms with Gasteiger partial charge in [-0.3, -0.25) is 4.98 Å². The highest BCUT2D eigenvalue weighted by Gasteiger charge is 2.40. The van der Waals surface area contributed by atoms with Crippen LogP contribution in [0.4, 0.5) is 0 Å². The number of aromatic nitrogens is 1. The molecule has 1 spiro atoms. The minimum absolute atomic E-state index is 0.112. The molecule has 3 nitrogen and oxygen atoms in total. The molecule has 2 saturated heterocycles. The predicted octanol–water partition coefficient (Wildman–Crippen LogP) is 3.39. The van der Waals surface area contributed by atoms with Crippen molar-refractivity contribution in [1.82, 2.24) is 4.98 Å². The second-order valence-corrected chi connectivity index (χ2v) is 7.83. The van der Waals surface area contributed by atoms with Gasteiger partial charge in [0.15, 0.2) is 0 Å². The molecule has 0 radical (unpaired) electrons. The van der Waals surface area contributed by atoms with Crippen LogP contribution in [0.2, 0.25) is 0 Å². The second kappa shape index (κ2) is 6.27. The summed E-state index contributed by atoms with van der Waals surface area (Å²) in [6, 6.07) is 4.41. The monoisotopic (exact) mass is 306 g/mol. The van der Waals surface area contributed by atoms with E-state index in [1.54, 1.807) is 0 Å². The lowest BCUT2D eigenvalue weighted by atomic mass is 9.77. The first kappa shape index (κ1) is 15.3. The largest absolute Gasteiger partial charge is 0.375 e. The molecule has 2 atom stereocenters. The highest BCUT2D eigenvalue weighted by Crippen LogP contribution is 2.42. The van der Waals surface area contributed by atoms with Crippen LogP contribution in [0.5, 0.6) is 0 Å². The van der Waals surface area contributed by atoms with Crippen LogP contribution < -0.4 is 5.73 Å². The standard InChI is InChI=1S/C17H26N2OS/c1-12-9-15(10-13(2)19-12)16(18)14-3-6-20-17(11-14)4-7-21-8-5-17/h9-10,14,16H,3-8,11,18H2,1-2H3. The van der Waals surface area contributed by atoms with E-state index in [1.807, 2.05) is 13.8 Å². The van der Waals surface area contributed by atoms with Gasteiger partial charge < -0.3 is 10.5 Å². The van der Waals surface area contributed by atoms with Gasteiger partial charge in [0.2, 0.25) is 0 Å². The molecule has 116 valence electrons. The van der Waals surface area contributed by atoms with Crippen LogP contribution in [0.3, 0.4) is 0 Å². The lowest BCUT2D eigenvalue weighted by molar-refractivity contribution is -0.105. The topological polar surface area (TPSA) is 48.1 Å². The number of pyridine rings is 1. The summed E-state index contributed by atoms with van der Waals surface area (Å²) in [7, 11) is 0. The smallest absolute Gasteiger partial charge is 0.0701 e. The molecule has 1 aromatic rings. The molecule has 2 fully saturated rings. The summed E-state index contributed by atoms with van der Waals surface area (Å²) in [5.41, 5.74) is 10.1. The third kappa shape index (κ3) is 3.43.